The first kappa shape index (κ1) is 19.7. The number of ether oxygens (including phenoxy) is 2. The van der Waals surface area contributed by atoms with Crippen molar-refractivity contribution in [1.82, 2.24) is 24.9 Å². The minimum absolute atomic E-state index is 0.440. The highest BCUT2D eigenvalue weighted by atomic mass is 19.1. The van der Waals surface area contributed by atoms with E-state index >= 15 is 0 Å². The Labute approximate surface area is 179 Å². The minimum atomic E-state index is -0.543. The first-order valence-corrected chi connectivity index (χ1v) is 10.5. The summed E-state index contributed by atoms with van der Waals surface area (Å²) in [7, 11) is 0. The SMILES string of the molecule is Fc1cc(OCC2CCOCC2)cc(N2CCc3nc(-c4ncccn4)ncc3C2)n1. The maximum atomic E-state index is 14.2. The summed E-state index contributed by atoms with van der Waals surface area (Å²) in [5, 5.41) is 0. The zero-order valence-electron chi connectivity index (χ0n) is 17.1. The molecule has 1 fully saturated rings. The third kappa shape index (κ3) is 4.61. The summed E-state index contributed by atoms with van der Waals surface area (Å²) in [6, 6.07) is 4.91. The Kier molecular flexibility index (Phi) is 5.66. The van der Waals surface area contributed by atoms with E-state index in [0.29, 0.717) is 55.3 Å². The lowest BCUT2D eigenvalue weighted by atomic mass is 10.0. The molecule has 2 aliphatic rings. The van der Waals surface area contributed by atoms with Crippen molar-refractivity contribution in [3.63, 3.8) is 0 Å². The zero-order valence-corrected chi connectivity index (χ0v) is 17.1. The van der Waals surface area contributed by atoms with Crippen LogP contribution in [0.2, 0.25) is 0 Å². The summed E-state index contributed by atoms with van der Waals surface area (Å²) >= 11 is 0. The fraction of sp³-hybridized carbons (Fsp3) is 0.409. The van der Waals surface area contributed by atoms with E-state index in [4.69, 9.17) is 9.47 Å². The van der Waals surface area contributed by atoms with Gasteiger partial charge in [-0.2, -0.15) is 4.39 Å². The van der Waals surface area contributed by atoms with E-state index < -0.39 is 5.95 Å². The van der Waals surface area contributed by atoms with Crippen molar-refractivity contribution in [3.05, 3.63) is 54.0 Å². The molecule has 0 atom stereocenters. The first-order valence-electron chi connectivity index (χ1n) is 10.5. The van der Waals surface area contributed by atoms with Crippen LogP contribution in [0.5, 0.6) is 5.75 Å². The van der Waals surface area contributed by atoms with Crippen molar-refractivity contribution in [2.75, 3.05) is 31.3 Å². The van der Waals surface area contributed by atoms with E-state index in [1.165, 1.54) is 6.07 Å². The number of rotatable bonds is 5. The van der Waals surface area contributed by atoms with Gasteiger partial charge < -0.3 is 14.4 Å². The molecule has 0 radical (unpaired) electrons. The number of halogens is 1. The van der Waals surface area contributed by atoms with Crippen LogP contribution in [0.15, 0.2) is 36.8 Å². The number of hydrogen-bond acceptors (Lipinski definition) is 8. The molecular weight excluding hydrogens is 399 g/mol. The van der Waals surface area contributed by atoms with Gasteiger partial charge in [-0.15, -0.1) is 0 Å². The highest BCUT2D eigenvalue weighted by Gasteiger charge is 2.22. The molecule has 0 bridgehead atoms. The van der Waals surface area contributed by atoms with Gasteiger partial charge in [-0.3, -0.25) is 0 Å². The van der Waals surface area contributed by atoms with Gasteiger partial charge in [-0.05, 0) is 24.8 Å². The summed E-state index contributed by atoms with van der Waals surface area (Å²) in [4.78, 5) is 23.6. The molecule has 1 saturated heterocycles. The van der Waals surface area contributed by atoms with Gasteiger partial charge in [0.2, 0.25) is 5.95 Å². The summed E-state index contributed by atoms with van der Waals surface area (Å²) in [5.74, 6) is 1.98. The van der Waals surface area contributed by atoms with Crippen LogP contribution >= 0.6 is 0 Å². The van der Waals surface area contributed by atoms with Gasteiger partial charge >= 0.3 is 0 Å². The Morgan fingerprint density at radius 3 is 2.74 bits per heavy atom. The fourth-order valence-corrected chi connectivity index (χ4v) is 3.87. The molecule has 0 aromatic carbocycles. The molecule has 0 amide bonds. The second-order valence-electron chi connectivity index (χ2n) is 7.76. The Morgan fingerprint density at radius 2 is 1.90 bits per heavy atom. The van der Waals surface area contributed by atoms with Crippen molar-refractivity contribution < 1.29 is 13.9 Å². The van der Waals surface area contributed by atoms with Crippen molar-refractivity contribution in [2.45, 2.75) is 25.8 Å². The van der Waals surface area contributed by atoms with E-state index in [-0.39, 0.29) is 0 Å². The molecule has 0 N–H and O–H groups in total. The lowest BCUT2D eigenvalue weighted by Gasteiger charge is -2.29. The van der Waals surface area contributed by atoms with Gasteiger partial charge in [0.05, 0.1) is 12.3 Å². The van der Waals surface area contributed by atoms with Gasteiger partial charge in [0.15, 0.2) is 11.6 Å². The average molecular weight is 422 g/mol. The van der Waals surface area contributed by atoms with Crippen molar-refractivity contribution in [1.29, 1.82) is 0 Å². The van der Waals surface area contributed by atoms with Crippen molar-refractivity contribution in [2.24, 2.45) is 5.92 Å². The van der Waals surface area contributed by atoms with Crippen LogP contribution in [0.25, 0.3) is 11.6 Å². The topological polar surface area (TPSA) is 86.2 Å². The van der Waals surface area contributed by atoms with Crippen LogP contribution < -0.4 is 9.64 Å². The predicted octanol–water partition coefficient (Wildman–Crippen LogP) is 2.84. The van der Waals surface area contributed by atoms with E-state index in [0.717, 1.165) is 37.3 Å². The van der Waals surface area contributed by atoms with Crippen LogP contribution in [-0.2, 0) is 17.7 Å². The van der Waals surface area contributed by atoms with Gasteiger partial charge in [0, 0.05) is 69.0 Å². The number of hydrogen-bond donors (Lipinski definition) is 0. The molecule has 31 heavy (non-hydrogen) atoms. The van der Waals surface area contributed by atoms with Crippen molar-refractivity contribution >= 4 is 5.82 Å². The van der Waals surface area contributed by atoms with E-state index in [1.807, 2.05) is 4.90 Å². The monoisotopic (exact) mass is 422 g/mol. The maximum absolute atomic E-state index is 14.2. The lowest BCUT2D eigenvalue weighted by molar-refractivity contribution is 0.0497. The fourth-order valence-electron chi connectivity index (χ4n) is 3.87. The van der Waals surface area contributed by atoms with Crippen LogP contribution in [0.1, 0.15) is 24.1 Å². The smallest absolute Gasteiger partial charge is 0.218 e. The van der Waals surface area contributed by atoms with Gasteiger partial charge in [-0.1, -0.05) is 0 Å². The number of anilines is 1. The molecule has 160 valence electrons. The normalized spacial score (nSPS) is 16.7. The van der Waals surface area contributed by atoms with Crippen LogP contribution in [0.4, 0.5) is 10.2 Å². The highest BCUT2D eigenvalue weighted by molar-refractivity contribution is 5.48. The number of pyridine rings is 1. The van der Waals surface area contributed by atoms with E-state index in [1.54, 1.807) is 30.7 Å². The maximum Gasteiger partial charge on any atom is 0.218 e. The Bertz CT molecular complexity index is 1050. The molecular formula is C22H23FN6O2. The molecule has 8 nitrogen and oxygen atoms in total. The van der Waals surface area contributed by atoms with Crippen LogP contribution in [-0.4, -0.2) is 51.3 Å². The average Bonchev–Trinajstić information content (AvgIpc) is 2.83. The summed E-state index contributed by atoms with van der Waals surface area (Å²) in [6.45, 7) is 3.32. The molecule has 0 spiro atoms. The molecule has 0 saturated carbocycles. The summed E-state index contributed by atoms with van der Waals surface area (Å²) < 4.78 is 25.5. The zero-order chi connectivity index (χ0) is 21.0. The summed E-state index contributed by atoms with van der Waals surface area (Å²) in [6.07, 6.45) is 7.78. The molecule has 5 heterocycles. The van der Waals surface area contributed by atoms with Gasteiger partial charge in [-0.25, -0.2) is 24.9 Å². The molecule has 2 aliphatic heterocycles. The first-order chi connectivity index (χ1) is 15.2. The third-order valence-corrected chi connectivity index (χ3v) is 5.60. The standard InChI is InChI=1S/C22H23FN6O2/c23-19-10-17(31-14-15-3-8-30-9-4-15)11-20(28-19)29-7-2-18-16(13-29)12-26-22(27-18)21-24-5-1-6-25-21/h1,5-6,10-12,15H,2-4,7-9,13-14H2. The van der Waals surface area contributed by atoms with Crippen LogP contribution in [0, 0.1) is 11.9 Å². The van der Waals surface area contributed by atoms with Gasteiger partial charge in [0.1, 0.15) is 11.6 Å². The number of aromatic nitrogens is 5. The minimum Gasteiger partial charge on any atom is -0.493 e. The molecule has 3 aromatic rings. The highest BCUT2D eigenvalue weighted by Crippen LogP contribution is 2.27. The molecule has 5 rings (SSSR count). The van der Waals surface area contributed by atoms with Crippen LogP contribution in [0.3, 0.4) is 0 Å². The number of nitrogens with zero attached hydrogens (tertiary/aromatic N) is 6. The molecule has 3 aromatic heterocycles. The second-order valence-corrected chi connectivity index (χ2v) is 7.76. The quantitative estimate of drug-likeness (QED) is 0.580. The van der Waals surface area contributed by atoms with Crippen molar-refractivity contribution in [3.8, 4) is 17.4 Å². The summed E-state index contributed by atoms with van der Waals surface area (Å²) in [5.41, 5.74) is 1.95. The molecule has 0 aliphatic carbocycles. The lowest BCUT2D eigenvalue weighted by Crippen LogP contribution is -2.32. The Morgan fingerprint density at radius 1 is 1.06 bits per heavy atom. The largest absolute Gasteiger partial charge is 0.493 e. The molecule has 9 heteroatoms. The second kappa shape index (κ2) is 8.89. The predicted molar refractivity (Wildman–Crippen MR) is 111 cm³/mol. The Balaban J connectivity index is 1.30. The number of fused-ring (bicyclic) bond motifs is 1. The molecule has 0 unspecified atom stereocenters. The third-order valence-electron chi connectivity index (χ3n) is 5.60. The van der Waals surface area contributed by atoms with E-state index in [2.05, 4.69) is 24.9 Å². The van der Waals surface area contributed by atoms with Gasteiger partial charge in [0.25, 0.3) is 0 Å². The Hall–Kier alpha value is -3.20. The van der Waals surface area contributed by atoms with E-state index in [9.17, 15) is 4.39 Å².